The van der Waals surface area contributed by atoms with Gasteiger partial charge in [-0.1, -0.05) is 0 Å². The maximum absolute atomic E-state index is 11.5. The van der Waals surface area contributed by atoms with E-state index in [-0.39, 0.29) is 30.6 Å². The summed E-state index contributed by atoms with van der Waals surface area (Å²) in [6, 6.07) is 0. The fourth-order valence-corrected chi connectivity index (χ4v) is 1.08. The number of esters is 2. The molecule has 0 aromatic carbocycles. The second kappa shape index (κ2) is 7.62. The largest absolute Gasteiger partial charge is 0.469 e. The van der Waals surface area contributed by atoms with Gasteiger partial charge in [0.25, 0.3) is 0 Å². The minimum absolute atomic E-state index is 0.0514. The lowest BCUT2D eigenvalue weighted by atomic mass is 10.1. The molecule has 0 rings (SSSR count). The maximum atomic E-state index is 11.5. The van der Waals surface area contributed by atoms with E-state index < -0.39 is 11.9 Å². The van der Waals surface area contributed by atoms with Crippen molar-refractivity contribution in [1.29, 1.82) is 0 Å². The van der Waals surface area contributed by atoms with Gasteiger partial charge in [-0.25, -0.2) is 4.79 Å². The molecular formula is C11H16O5. The molecule has 0 heterocycles. The van der Waals surface area contributed by atoms with Crippen molar-refractivity contribution in [1.82, 2.24) is 0 Å². The van der Waals surface area contributed by atoms with Crippen LogP contribution in [0, 0.1) is 0 Å². The van der Waals surface area contributed by atoms with Crippen molar-refractivity contribution in [2.24, 2.45) is 0 Å². The summed E-state index contributed by atoms with van der Waals surface area (Å²) < 4.78 is 9.24. The minimum Gasteiger partial charge on any atom is -0.469 e. The molecule has 90 valence electrons. The average Bonchev–Trinajstić information content (AvgIpc) is 2.28. The van der Waals surface area contributed by atoms with Crippen molar-refractivity contribution >= 4 is 18.2 Å². The summed E-state index contributed by atoms with van der Waals surface area (Å²) >= 11 is 0. The van der Waals surface area contributed by atoms with E-state index in [0.717, 1.165) is 0 Å². The van der Waals surface area contributed by atoms with Crippen LogP contribution in [0.5, 0.6) is 0 Å². The smallest absolute Gasteiger partial charge is 0.334 e. The lowest BCUT2D eigenvalue weighted by Gasteiger charge is -2.07. The number of ether oxygens (including phenoxy) is 2. The molecule has 0 aromatic rings. The first-order valence-corrected chi connectivity index (χ1v) is 4.95. The fraction of sp³-hybridized carbons (Fsp3) is 0.545. The Bertz CT molecular complexity index is 303. The lowest BCUT2D eigenvalue weighted by molar-refractivity contribution is -0.141. The molecular weight excluding hydrogens is 212 g/mol. The highest BCUT2D eigenvalue weighted by atomic mass is 16.5. The summed E-state index contributed by atoms with van der Waals surface area (Å²) in [4.78, 5) is 33.0. The molecule has 16 heavy (non-hydrogen) atoms. The average molecular weight is 228 g/mol. The van der Waals surface area contributed by atoms with Gasteiger partial charge >= 0.3 is 11.9 Å². The van der Waals surface area contributed by atoms with Crippen molar-refractivity contribution < 1.29 is 23.9 Å². The van der Waals surface area contributed by atoms with E-state index in [4.69, 9.17) is 4.74 Å². The zero-order valence-electron chi connectivity index (χ0n) is 9.74. The molecule has 0 N–H and O–H groups in total. The van der Waals surface area contributed by atoms with Crippen LogP contribution in [0.15, 0.2) is 11.1 Å². The fourth-order valence-electron chi connectivity index (χ4n) is 1.08. The molecule has 5 nitrogen and oxygen atoms in total. The van der Waals surface area contributed by atoms with E-state index in [1.54, 1.807) is 6.92 Å². The van der Waals surface area contributed by atoms with Gasteiger partial charge in [-0.3, -0.25) is 9.59 Å². The molecule has 0 saturated heterocycles. The highest BCUT2D eigenvalue weighted by Crippen LogP contribution is 2.12. The highest BCUT2D eigenvalue weighted by Gasteiger charge is 2.15. The third-order valence-corrected chi connectivity index (χ3v) is 1.98. The molecule has 0 aliphatic rings. The van der Waals surface area contributed by atoms with Crippen molar-refractivity contribution in [3.63, 3.8) is 0 Å². The molecule has 0 radical (unpaired) electrons. The highest BCUT2D eigenvalue weighted by molar-refractivity contribution is 5.95. The van der Waals surface area contributed by atoms with Crippen molar-refractivity contribution in [2.75, 3.05) is 13.7 Å². The van der Waals surface area contributed by atoms with Crippen LogP contribution >= 0.6 is 0 Å². The predicted molar refractivity (Wildman–Crippen MR) is 56.6 cm³/mol. The van der Waals surface area contributed by atoms with Gasteiger partial charge in [-0.05, 0) is 25.8 Å². The topological polar surface area (TPSA) is 69.7 Å². The molecule has 0 aliphatic carbocycles. The summed E-state index contributed by atoms with van der Waals surface area (Å²) in [5.74, 6) is -0.989. The summed E-state index contributed by atoms with van der Waals surface area (Å²) in [7, 11) is 1.27. The van der Waals surface area contributed by atoms with E-state index in [0.29, 0.717) is 6.29 Å². The van der Waals surface area contributed by atoms with Gasteiger partial charge < -0.3 is 9.47 Å². The number of hydrogen-bond donors (Lipinski definition) is 0. The van der Waals surface area contributed by atoms with Crippen LogP contribution in [0.3, 0.4) is 0 Å². The first-order valence-electron chi connectivity index (χ1n) is 4.95. The van der Waals surface area contributed by atoms with Crippen LogP contribution in [-0.4, -0.2) is 31.9 Å². The van der Waals surface area contributed by atoms with Crippen molar-refractivity contribution in [3.05, 3.63) is 11.1 Å². The normalized spacial score (nSPS) is 11.4. The number of aldehydes is 1. The van der Waals surface area contributed by atoms with E-state index >= 15 is 0 Å². The standard InChI is InChI=1S/C11H16O5/c1-4-16-11(14)9(8(2)7-12)5-6-10(13)15-3/h7H,4-6H2,1-3H3/b9-8-. The molecule has 0 amide bonds. The number of hydrogen-bond acceptors (Lipinski definition) is 5. The molecule has 0 fully saturated rings. The zero-order chi connectivity index (χ0) is 12.6. The van der Waals surface area contributed by atoms with Crippen molar-refractivity contribution in [3.8, 4) is 0 Å². The van der Waals surface area contributed by atoms with E-state index in [1.807, 2.05) is 0 Å². The lowest BCUT2D eigenvalue weighted by Crippen LogP contribution is -2.12. The molecule has 0 aliphatic heterocycles. The van der Waals surface area contributed by atoms with Gasteiger partial charge in [0.15, 0.2) is 0 Å². The zero-order valence-corrected chi connectivity index (χ0v) is 9.74. The van der Waals surface area contributed by atoms with Crippen LogP contribution < -0.4 is 0 Å². The maximum Gasteiger partial charge on any atom is 0.334 e. The van der Waals surface area contributed by atoms with Gasteiger partial charge in [0.2, 0.25) is 0 Å². The Morgan fingerprint density at radius 2 is 1.88 bits per heavy atom. The minimum atomic E-state index is -0.559. The Kier molecular flexibility index (Phi) is 6.83. The summed E-state index contributed by atoms with van der Waals surface area (Å²) in [6.07, 6.45) is 0.773. The Balaban J connectivity index is 4.64. The monoisotopic (exact) mass is 228 g/mol. The molecule has 5 heteroatoms. The van der Waals surface area contributed by atoms with Crippen molar-refractivity contribution in [2.45, 2.75) is 26.7 Å². The third-order valence-electron chi connectivity index (χ3n) is 1.98. The number of methoxy groups -OCH3 is 1. The molecule has 0 saturated carbocycles. The third kappa shape index (κ3) is 4.72. The quantitative estimate of drug-likeness (QED) is 0.385. The Labute approximate surface area is 94.4 Å². The second-order valence-corrected chi connectivity index (χ2v) is 3.08. The summed E-state index contributed by atoms with van der Waals surface area (Å²) in [5, 5.41) is 0. The van der Waals surface area contributed by atoms with Crippen LogP contribution in [0.25, 0.3) is 0 Å². The molecule has 0 aromatic heterocycles. The molecule has 0 unspecified atom stereocenters. The van der Waals surface area contributed by atoms with Crippen LogP contribution in [0.4, 0.5) is 0 Å². The van der Waals surface area contributed by atoms with Crippen LogP contribution in [0.2, 0.25) is 0 Å². The molecule has 0 bridgehead atoms. The Morgan fingerprint density at radius 3 is 2.31 bits per heavy atom. The second-order valence-electron chi connectivity index (χ2n) is 3.08. The van der Waals surface area contributed by atoms with Gasteiger partial charge in [-0.2, -0.15) is 0 Å². The van der Waals surface area contributed by atoms with E-state index in [1.165, 1.54) is 14.0 Å². The number of carbonyl (C=O) groups is 3. The summed E-state index contributed by atoms with van der Waals surface area (Å²) in [6.45, 7) is 3.41. The first-order chi connectivity index (χ1) is 7.56. The van der Waals surface area contributed by atoms with Crippen LogP contribution in [0.1, 0.15) is 26.7 Å². The Morgan fingerprint density at radius 1 is 1.25 bits per heavy atom. The van der Waals surface area contributed by atoms with E-state index in [2.05, 4.69) is 4.74 Å². The number of rotatable bonds is 6. The van der Waals surface area contributed by atoms with Gasteiger partial charge in [0.1, 0.15) is 6.29 Å². The Hall–Kier alpha value is -1.65. The molecule has 0 spiro atoms. The molecule has 0 atom stereocenters. The van der Waals surface area contributed by atoms with E-state index in [9.17, 15) is 14.4 Å². The van der Waals surface area contributed by atoms with Crippen LogP contribution in [-0.2, 0) is 23.9 Å². The first kappa shape index (κ1) is 14.3. The predicted octanol–water partition coefficient (Wildman–Crippen LogP) is 1.02. The SMILES string of the molecule is CCOC(=O)/C(CCC(=O)OC)=C(/C)C=O. The summed E-state index contributed by atoms with van der Waals surface area (Å²) in [5.41, 5.74) is 0.504. The number of allylic oxidation sites excluding steroid dienone is 1. The van der Waals surface area contributed by atoms with Gasteiger partial charge in [-0.15, -0.1) is 0 Å². The van der Waals surface area contributed by atoms with Gasteiger partial charge in [0, 0.05) is 12.0 Å². The van der Waals surface area contributed by atoms with Gasteiger partial charge in [0.05, 0.1) is 13.7 Å². The number of carbonyl (C=O) groups excluding carboxylic acids is 3.